The minimum atomic E-state index is 0.860. The van der Waals surface area contributed by atoms with E-state index in [9.17, 15) is 0 Å². The van der Waals surface area contributed by atoms with Gasteiger partial charge in [-0.1, -0.05) is 0 Å². The van der Waals surface area contributed by atoms with Gasteiger partial charge in [-0.2, -0.15) is 0 Å². The van der Waals surface area contributed by atoms with E-state index < -0.39 is 0 Å². The molecule has 2 rings (SSSR count). The number of hydrogen-bond donors (Lipinski definition) is 0. The van der Waals surface area contributed by atoms with E-state index in [1.807, 2.05) is 19.1 Å². The van der Waals surface area contributed by atoms with Crippen molar-refractivity contribution in [3.05, 3.63) is 42.6 Å². The minimum Gasteiger partial charge on any atom is -0.264 e. The lowest BCUT2D eigenvalue weighted by Gasteiger charge is -1.98. The van der Waals surface area contributed by atoms with Crippen molar-refractivity contribution >= 4 is 0 Å². The number of aromatic nitrogens is 3. The van der Waals surface area contributed by atoms with Gasteiger partial charge in [0.1, 0.15) is 0 Å². The normalized spacial score (nSPS) is 9.92. The van der Waals surface area contributed by atoms with Crippen LogP contribution in [0.15, 0.2) is 36.9 Å². The van der Waals surface area contributed by atoms with E-state index in [0.29, 0.717) is 0 Å². The number of rotatable bonds is 1. The molecule has 0 radical (unpaired) electrons. The van der Waals surface area contributed by atoms with Crippen LogP contribution in [-0.4, -0.2) is 15.0 Å². The van der Waals surface area contributed by atoms with Gasteiger partial charge in [0.2, 0.25) is 0 Å². The molecule has 0 aliphatic carbocycles. The first-order valence-electron chi connectivity index (χ1n) is 4.05. The second-order valence-electron chi connectivity index (χ2n) is 2.78. The molecule has 0 aliphatic heterocycles. The van der Waals surface area contributed by atoms with Crippen molar-refractivity contribution < 1.29 is 0 Å². The molecule has 2 aromatic rings. The molecule has 0 saturated heterocycles. The highest BCUT2D eigenvalue weighted by atomic mass is 14.8. The summed E-state index contributed by atoms with van der Waals surface area (Å²) in [5.41, 5.74) is 2.78. The van der Waals surface area contributed by atoms with Gasteiger partial charge in [0, 0.05) is 24.2 Å². The summed E-state index contributed by atoms with van der Waals surface area (Å²) >= 11 is 0. The third kappa shape index (κ3) is 1.69. The molecule has 0 saturated carbocycles. The predicted octanol–water partition coefficient (Wildman–Crippen LogP) is 1.85. The average Bonchev–Trinajstić information content (AvgIpc) is 2.20. The van der Waals surface area contributed by atoms with Crippen molar-refractivity contribution in [2.75, 3.05) is 0 Å². The summed E-state index contributed by atoms with van der Waals surface area (Å²) in [6.07, 6.45) is 7.03. The first kappa shape index (κ1) is 7.86. The van der Waals surface area contributed by atoms with Gasteiger partial charge >= 0.3 is 0 Å². The molecule has 0 unspecified atom stereocenters. The Morgan fingerprint density at radius 1 is 1.08 bits per heavy atom. The maximum atomic E-state index is 4.25. The number of nitrogens with zero attached hydrogens (tertiary/aromatic N) is 3. The number of aryl methyl sites for hydroxylation is 1. The predicted molar refractivity (Wildman–Crippen MR) is 50.0 cm³/mol. The lowest BCUT2D eigenvalue weighted by molar-refractivity contribution is 1.12. The molecule has 3 heteroatoms. The van der Waals surface area contributed by atoms with E-state index in [2.05, 4.69) is 15.0 Å². The second kappa shape index (κ2) is 3.31. The molecule has 64 valence electrons. The molecule has 0 aliphatic rings. The highest BCUT2D eigenvalue weighted by Crippen LogP contribution is 2.12. The summed E-state index contributed by atoms with van der Waals surface area (Å²) in [4.78, 5) is 12.4. The molecular weight excluding hydrogens is 162 g/mol. The second-order valence-corrected chi connectivity index (χ2v) is 2.78. The van der Waals surface area contributed by atoms with E-state index in [1.54, 1.807) is 24.8 Å². The summed E-state index contributed by atoms with van der Waals surface area (Å²) in [6, 6.07) is 3.85. The minimum absolute atomic E-state index is 0.860. The van der Waals surface area contributed by atoms with Crippen LogP contribution in [0.25, 0.3) is 11.3 Å². The van der Waals surface area contributed by atoms with Crippen LogP contribution < -0.4 is 0 Å². The molecule has 3 nitrogen and oxygen atoms in total. The van der Waals surface area contributed by atoms with Crippen molar-refractivity contribution in [2.45, 2.75) is 6.92 Å². The Labute approximate surface area is 76.5 Å². The summed E-state index contributed by atoms with van der Waals surface area (Å²) < 4.78 is 0. The third-order valence-electron chi connectivity index (χ3n) is 1.74. The van der Waals surface area contributed by atoms with E-state index in [1.165, 1.54) is 0 Å². The Bertz CT molecular complexity index is 381. The maximum absolute atomic E-state index is 4.25. The van der Waals surface area contributed by atoms with Crippen molar-refractivity contribution in [3.63, 3.8) is 0 Å². The molecule has 0 fully saturated rings. The molecule has 0 amide bonds. The fraction of sp³-hybridized carbons (Fsp3) is 0.100. The molecule has 2 aromatic heterocycles. The maximum Gasteiger partial charge on any atom is 0.0900 e. The van der Waals surface area contributed by atoms with Crippen molar-refractivity contribution in [3.8, 4) is 11.3 Å². The van der Waals surface area contributed by atoms with E-state index in [4.69, 9.17) is 0 Å². The van der Waals surface area contributed by atoms with Gasteiger partial charge in [-0.15, -0.1) is 0 Å². The van der Waals surface area contributed by atoms with Gasteiger partial charge in [-0.25, -0.2) is 0 Å². The van der Waals surface area contributed by atoms with Crippen molar-refractivity contribution in [1.29, 1.82) is 0 Å². The Morgan fingerprint density at radius 3 is 2.62 bits per heavy atom. The topological polar surface area (TPSA) is 38.7 Å². The van der Waals surface area contributed by atoms with Gasteiger partial charge < -0.3 is 0 Å². The lowest BCUT2D eigenvalue weighted by Crippen LogP contribution is -1.87. The zero-order valence-electron chi connectivity index (χ0n) is 7.31. The molecule has 0 spiro atoms. The fourth-order valence-electron chi connectivity index (χ4n) is 1.06. The summed E-state index contributed by atoms with van der Waals surface area (Å²) in [6.45, 7) is 1.92. The van der Waals surface area contributed by atoms with Gasteiger partial charge in [0.05, 0.1) is 17.6 Å². The molecule has 0 bridgehead atoms. The summed E-state index contributed by atoms with van der Waals surface area (Å²) in [7, 11) is 0. The molecule has 0 N–H and O–H groups in total. The molecular formula is C10H9N3. The zero-order valence-corrected chi connectivity index (χ0v) is 7.31. The molecule has 0 aromatic carbocycles. The summed E-state index contributed by atoms with van der Waals surface area (Å²) in [5.74, 6) is 0. The van der Waals surface area contributed by atoms with Crippen molar-refractivity contribution in [1.82, 2.24) is 15.0 Å². The first-order chi connectivity index (χ1) is 6.36. The molecule has 0 atom stereocenters. The van der Waals surface area contributed by atoms with E-state index >= 15 is 0 Å². The molecule has 13 heavy (non-hydrogen) atoms. The van der Waals surface area contributed by atoms with E-state index in [0.717, 1.165) is 17.0 Å². The zero-order chi connectivity index (χ0) is 9.10. The standard InChI is InChI=1S/C10H9N3/c1-8-5-13-10(7-12-8)9-3-2-4-11-6-9/h2-7H,1H3. The first-order valence-corrected chi connectivity index (χ1v) is 4.05. The monoisotopic (exact) mass is 171 g/mol. The Hall–Kier alpha value is -1.77. The Morgan fingerprint density at radius 2 is 2.00 bits per heavy atom. The Balaban J connectivity index is 2.42. The highest BCUT2D eigenvalue weighted by molar-refractivity contribution is 5.55. The lowest BCUT2D eigenvalue weighted by atomic mass is 10.2. The molecule has 2 heterocycles. The van der Waals surface area contributed by atoms with Crippen LogP contribution in [0.1, 0.15) is 5.69 Å². The summed E-state index contributed by atoms with van der Waals surface area (Å²) in [5, 5.41) is 0. The van der Waals surface area contributed by atoms with Crippen LogP contribution in [0, 0.1) is 6.92 Å². The van der Waals surface area contributed by atoms with Crippen LogP contribution >= 0.6 is 0 Å². The van der Waals surface area contributed by atoms with E-state index in [-0.39, 0.29) is 0 Å². The third-order valence-corrected chi connectivity index (χ3v) is 1.74. The quantitative estimate of drug-likeness (QED) is 0.657. The van der Waals surface area contributed by atoms with Crippen LogP contribution in [-0.2, 0) is 0 Å². The average molecular weight is 171 g/mol. The Kier molecular flexibility index (Phi) is 2.00. The van der Waals surface area contributed by atoms with Crippen LogP contribution in [0.2, 0.25) is 0 Å². The number of hydrogen-bond acceptors (Lipinski definition) is 3. The fourth-order valence-corrected chi connectivity index (χ4v) is 1.06. The van der Waals surface area contributed by atoms with Crippen LogP contribution in [0.5, 0.6) is 0 Å². The van der Waals surface area contributed by atoms with Crippen molar-refractivity contribution in [2.24, 2.45) is 0 Å². The SMILES string of the molecule is Cc1cnc(-c2cccnc2)cn1. The smallest absolute Gasteiger partial charge is 0.0900 e. The van der Waals surface area contributed by atoms with Crippen LogP contribution in [0.4, 0.5) is 0 Å². The largest absolute Gasteiger partial charge is 0.264 e. The van der Waals surface area contributed by atoms with Gasteiger partial charge in [-0.3, -0.25) is 15.0 Å². The van der Waals surface area contributed by atoms with Gasteiger partial charge in [-0.05, 0) is 19.1 Å². The number of pyridine rings is 1. The van der Waals surface area contributed by atoms with Gasteiger partial charge in [0.25, 0.3) is 0 Å². The van der Waals surface area contributed by atoms with Gasteiger partial charge in [0.15, 0.2) is 0 Å². The highest BCUT2D eigenvalue weighted by Gasteiger charge is 1.97. The van der Waals surface area contributed by atoms with Crippen LogP contribution in [0.3, 0.4) is 0 Å².